The smallest absolute Gasteiger partial charge is 0.253 e. The Morgan fingerprint density at radius 1 is 1.35 bits per heavy atom. The van der Waals surface area contributed by atoms with Crippen molar-refractivity contribution in [1.82, 2.24) is 9.80 Å². The third-order valence-electron chi connectivity index (χ3n) is 4.36. The maximum atomic E-state index is 12.5. The lowest BCUT2D eigenvalue weighted by Crippen LogP contribution is -2.57. The molecule has 1 fully saturated rings. The van der Waals surface area contributed by atoms with Gasteiger partial charge in [0, 0.05) is 34.9 Å². The minimum absolute atomic E-state index is 0.0406. The largest absolute Gasteiger partial charge is 0.398 e. The van der Waals surface area contributed by atoms with Gasteiger partial charge in [-0.1, -0.05) is 0 Å². The number of benzene rings is 1. The maximum Gasteiger partial charge on any atom is 0.253 e. The molecule has 1 aromatic rings. The molecule has 0 aliphatic heterocycles. The number of carbonyl (C=O) groups is 1. The van der Waals surface area contributed by atoms with Gasteiger partial charge < -0.3 is 15.5 Å². The molecule has 0 heterocycles. The Morgan fingerprint density at radius 3 is 2.45 bits per heavy atom. The highest BCUT2D eigenvalue weighted by Gasteiger charge is 2.40. The molecule has 5 heteroatoms. The van der Waals surface area contributed by atoms with Crippen molar-refractivity contribution in [2.24, 2.45) is 0 Å². The average Bonchev–Trinajstić information content (AvgIpc) is 2.35. The predicted molar refractivity (Wildman–Crippen MR) is 85.8 cm³/mol. The Morgan fingerprint density at radius 2 is 2.00 bits per heavy atom. The Hall–Kier alpha value is -1.07. The lowest BCUT2D eigenvalue weighted by molar-refractivity contribution is 0.0252. The van der Waals surface area contributed by atoms with E-state index in [0.717, 1.165) is 23.9 Å². The van der Waals surface area contributed by atoms with E-state index in [1.165, 1.54) is 6.42 Å². The van der Waals surface area contributed by atoms with Gasteiger partial charge in [-0.2, -0.15) is 0 Å². The summed E-state index contributed by atoms with van der Waals surface area (Å²) in [5.74, 6) is 0.0406. The number of amides is 1. The second-order valence-electron chi connectivity index (χ2n) is 5.87. The molecule has 0 unspecified atom stereocenters. The second-order valence-corrected chi connectivity index (χ2v) is 6.72. The Kier molecular flexibility index (Phi) is 4.39. The molecule has 110 valence electrons. The molecule has 2 rings (SSSR count). The van der Waals surface area contributed by atoms with Gasteiger partial charge in [0.05, 0.1) is 0 Å². The third-order valence-corrected chi connectivity index (χ3v) is 5.05. The van der Waals surface area contributed by atoms with Gasteiger partial charge >= 0.3 is 0 Å². The van der Waals surface area contributed by atoms with Crippen molar-refractivity contribution >= 4 is 27.5 Å². The lowest BCUT2D eigenvalue weighted by atomic mass is 9.75. The van der Waals surface area contributed by atoms with Gasteiger partial charge in [-0.15, -0.1) is 0 Å². The van der Waals surface area contributed by atoms with E-state index < -0.39 is 0 Å². The molecule has 1 amide bonds. The molecular weight excluding hydrogens is 318 g/mol. The van der Waals surface area contributed by atoms with Crippen LogP contribution in [0.1, 0.15) is 29.6 Å². The fraction of sp³-hybridized carbons (Fsp3) is 0.533. The maximum absolute atomic E-state index is 12.5. The van der Waals surface area contributed by atoms with E-state index in [2.05, 4.69) is 34.9 Å². The van der Waals surface area contributed by atoms with Crippen molar-refractivity contribution in [1.29, 1.82) is 0 Å². The number of nitrogen functional groups attached to an aromatic ring is 1. The number of nitrogens with zero attached hydrogens (tertiary/aromatic N) is 2. The van der Waals surface area contributed by atoms with Crippen LogP contribution in [-0.2, 0) is 0 Å². The van der Waals surface area contributed by atoms with Gasteiger partial charge in [0.2, 0.25) is 0 Å². The summed E-state index contributed by atoms with van der Waals surface area (Å²) < 4.78 is 0.766. The topological polar surface area (TPSA) is 49.6 Å². The molecule has 0 aromatic heterocycles. The van der Waals surface area contributed by atoms with Crippen LogP contribution < -0.4 is 5.73 Å². The molecule has 2 N–H and O–H groups in total. The van der Waals surface area contributed by atoms with Crippen molar-refractivity contribution < 1.29 is 4.79 Å². The van der Waals surface area contributed by atoms with Gasteiger partial charge in [0.25, 0.3) is 5.91 Å². The van der Waals surface area contributed by atoms with Gasteiger partial charge in [-0.25, -0.2) is 0 Å². The average molecular weight is 340 g/mol. The molecule has 0 saturated heterocycles. The van der Waals surface area contributed by atoms with Gasteiger partial charge in [-0.3, -0.25) is 4.79 Å². The number of nitrogens with two attached hydrogens (primary N) is 1. The van der Waals surface area contributed by atoms with Crippen LogP contribution in [0.2, 0.25) is 0 Å². The van der Waals surface area contributed by atoms with E-state index in [1.54, 1.807) is 18.2 Å². The minimum atomic E-state index is 0.0406. The number of likely N-dealkylation sites (N-methyl/N-ethyl adjacent to an activating group) is 2. The quantitative estimate of drug-likeness (QED) is 0.857. The molecule has 1 aliphatic carbocycles. The molecule has 0 radical (unpaired) electrons. The van der Waals surface area contributed by atoms with E-state index >= 15 is 0 Å². The predicted octanol–water partition coefficient (Wildman–Crippen LogP) is 2.59. The number of rotatable bonds is 4. The van der Waals surface area contributed by atoms with Crippen LogP contribution in [0.25, 0.3) is 0 Å². The van der Waals surface area contributed by atoms with Crippen molar-refractivity contribution in [3.05, 3.63) is 28.2 Å². The fourth-order valence-corrected chi connectivity index (χ4v) is 3.10. The zero-order chi connectivity index (χ0) is 14.9. The molecule has 1 aliphatic rings. The van der Waals surface area contributed by atoms with Crippen molar-refractivity contribution in [2.75, 3.05) is 33.4 Å². The summed E-state index contributed by atoms with van der Waals surface area (Å²) in [6, 6.07) is 5.33. The van der Waals surface area contributed by atoms with E-state index in [4.69, 9.17) is 5.73 Å². The third kappa shape index (κ3) is 2.83. The van der Waals surface area contributed by atoms with Gasteiger partial charge in [0.15, 0.2) is 0 Å². The summed E-state index contributed by atoms with van der Waals surface area (Å²) >= 11 is 3.37. The second kappa shape index (κ2) is 5.74. The molecule has 1 saturated carbocycles. The number of halogens is 1. The van der Waals surface area contributed by atoms with Crippen molar-refractivity contribution in [3.63, 3.8) is 0 Å². The van der Waals surface area contributed by atoms with Gasteiger partial charge in [0.1, 0.15) is 0 Å². The summed E-state index contributed by atoms with van der Waals surface area (Å²) in [6.45, 7) is 0.765. The number of carbonyl (C=O) groups excluding carboxylic acids is 1. The van der Waals surface area contributed by atoms with Crippen LogP contribution in [0, 0.1) is 0 Å². The molecule has 0 atom stereocenters. The van der Waals surface area contributed by atoms with Crippen LogP contribution >= 0.6 is 15.9 Å². The zero-order valence-corrected chi connectivity index (χ0v) is 13.9. The highest BCUT2D eigenvalue weighted by molar-refractivity contribution is 9.10. The van der Waals surface area contributed by atoms with Crippen LogP contribution in [-0.4, -0.2) is 48.9 Å². The highest BCUT2D eigenvalue weighted by atomic mass is 79.9. The Labute approximate surface area is 129 Å². The van der Waals surface area contributed by atoms with E-state index in [0.29, 0.717) is 11.3 Å². The first-order valence-electron chi connectivity index (χ1n) is 6.84. The van der Waals surface area contributed by atoms with Crippen molar-refractivity contribution in [3.8, 4) is 0 Å². The molecule has 0 spiro atoms. The van der Waals surface area contributed by atoms with Gasteiger partial charge in [-0.05, 0) is 67.5 Å². The molecule has 1 aromatic carbocycles. The Bertz CT molecular complexity index is 512. The Balaban J connectivity index is 2.10. The summed E-state index contributed by atoms with van der Waals surface area (Å²) in [5.41, 5.74) is 7.22. The molecule has 20 heavy (non-hydrogen) atoms. The molecular formula is C15H22BrN3O. The first kappa shape index (κ1) is 15.3. The SMILES string of the molecule is CN(CC1(N(C)C)CCC1)C(=O)c1ccc(N)c(Br)c1. The number of hydrogen-bond donors (Lipinski definition) is 1. The van der Waals surface area contributed by atoms with E-state index in [-0.39, 0.29) is 11.4 Å². The number of hydrogen-bond acceptors (Lipinski definition) is 3. The minimum Gasteiger partial charge on any atom is -0.398 e. The summed E-state index contributed by atoms with van der Waals surface area (Å²) in [6.07, 6.45) is 3.56. The zero-order valence-electron chi connectivity index (χ0n) is 12.3. The first-order valence-corrected chi connectivity index (χ1v) is 7.63. The summed E-state index contributed by atoms with van der Waals surface area (Å²) in [4.78, 5) is 16.6. The summed E-state index contributed by atoms with van der Waals surface area (Å²) in [7, 11) is 6.06. The first-order chi connectivity index (χ1) is 9.35. The van der Waals surface area contributed by atoms with Crippen molar-refractivity contribution in [2.45, 2.75) is 24.8 Å². The fourth-order valence-electron chi connectivity index (χ4n) is 2.73. The van der Waals surface area contributed by atoms with E-state index in [1.807, 2.05) is 11.9 Å². The van der Waals surface area contributed by atoms with Crippen LogP contribution in [0.4, 0.5) is 5.69 Å². The molecule has 0 bridgehead atoms. The van der Waals surface area contributed by atoms with Crippen LogP contribution in [0.15, 0.2) is 22.7 Å². The number of anilines is 1. The highest BCUT2D eigenvalue weighted by Crippen LogP contribution is 2.36. The molecule has 4 nitrogen and oxygen atoms in total. The lowest BCUT2D eigenvalue weighted by Gasteiger charge is -2.49. The monoisotopic (exact) mass is 339 g/mol. The standard InChI is InChI=1S/C15H22BrN3O/c1-18(2)15(7-4-8-15)10-19(3)14(20)11-5-6-13(17)12(16)9-11/h5-6,9H,4,7-8,10,17H2,1-3H3. The van der Waals surface area contributed by atoms with E-state index in [9.17, 15) is 4.79 Å². The van der Waals surface area contributed by atoms with Crippen LogP contribution in [0.5, 0.6) is 0 Å². The van der Waals surface area contributed by atoms with Crippen LogP contribution in [0.3, 0.4) is 0 Å². The normalized spacial score (nSPS) is 16.9. The summed E-state index contributed by atoms with van der Waals surface area (Å²) in [5, 5.41) is 0.